The number of anilines is 1. The summed E-state index contributed by atoms with van der Waals surface area (Å²) in [5, 5.41) is 11.5. The summed E-state index contributed by atoms with van der Waals surface area (Å²) in [5.41, 5.74) is 0.372. The third-order valence-electron chi connectivity index (χ3n) is 8.83. The Morgan fingerprint density at radius 3 is 2.09 bits per heavy atom. The summed E-state index contributed by atoms with van der Waals surface area (Å²) in [5.74, 6) is -2.67. The summed E-state index contributed by atoms with van der Waals surface area (Å²) in [7, 11) is 0. The molecule has 4 aromatic carbocycles. The molecule has 4 aromatic rings. The van der Waals surface area contributed by atoms with Crippen molar-refractivity contribution in [2.45, 2.75) is 24.9 Å². The quantitative estimate of drug-likeness (QED) is 0.0716. The number of carbonyl (C=O) groups is 4. The molecule has 0 aromatic heterocycles. The second kappa shape index (κ2) is 9.95. The van der Waals surface area contributed by atoms with Gasteiger partial charge in [-0.1, -0.05) is 91.0 Å². The van der Waals surface area contributed by atoms with Gasteiger partial charge in [0.1, 0.15) is 11.5 Å². The average Bonchev–Trinajstić information content (AvgIpc) is 3.47. The summed E-state index contributed by atoms with van der Waals surface area (Å²) in [6.07, 6.45) is 3.54. The van der Waals surface area contributed by atoms with Crippen LogP contribution in [-0.2, 0) is 4.79 Å². The van der Waals surface area contributed by atoms with E-state index in [9.17, 15) is 29.3 Å². The third kappa shape index (κ3) is 3.72. The standard InChI is InChI=1S/C35H24N2O7/c1-20(38)44-27-13-7-10-22-16-19-28-35(33(40)25-11-5-6-12-26(25)34(35)41)29(21-14-17-24(18-15-21)37(42)43)31(36(28)30(22)27)32(39)23-8-3-2-4-9-23/h2-19,28-29,31H,1H3/t28?,29-,31+/m1/s1. The maximum absolute atomic E-state index is 14.7. The summed E-state index contributed by atoms with van der Waals surface area (Å²) in [6, 6.07) is 23.9. The molecule has 0 amide bonds. The summed E-state index contributed by atoms with van der Waals surface area (Å²) < 4.78 is 5.63. The highest BCUT2D eigenvalue weighted by atomic mass is 16.6. The predicted molar refractivity (Wildman–Crippen MR) is 161 cm³/mol. The Bertz CT molecular complexity index is 1900. The van der Waals surface area contributed by atoms with Crippen LogP contribution in [0.15, 0.2) is 103 Å². The molecule has 7 rings (SSSR count). The summed E-state index contributed by atoms with van der Waals surface area (Å²) in [6.45, 7) is 1.27. The van der Waals surface area contributed by atoms with Crippen LogP contribution in [0.25, 0.3) is 6.08 Å². The molecule has 1 spiro atoms. The van der Waals surface area contributed by atoms with Crippen LogP contribution in [0.4, 0.5) is 11.4 Å². The fourth-order valence-electron chi connectivity index (χ4n) is 7.17. The van der Waals surface area contributed by atoms with Crippen LogP contribution >= 0.6 is 0 Å². The van der Waals surface area contributed by atoms with Crippen LogP contribution in [0.1, 0.15) is 55.0 Å². The first-order chi connectivity index (χ1) is 21.2. The first-order valence-corrected chi connectivity index (χ1v) is 14.1. The molecule has 216 valence electrons. The van der Waals surface area contributed by atoms with Crippen LogP contribution in [0, 0.1) is 15.5 Å². The highest BCUT2D eigenvalue weighted by Crippen LogP contribution is 2.62. The summed E-state index contributed by atoms with van der Waals surface area (Å²) in [4.78, 5) is 69.2. The number of Topliss-reactive ketones (excluding diaryl/α,β-unsaturated/α-hetero) is 3. The molecule has 9 heteroatoms. The topological polar surface area (TPSA) is 124 Å². The predicted octanol–water partition coefficient (Wildman–Crippen LogP) is 5.84. The van der Waals surface area contributed by atoms with E-state index in [4.69, 9.17) is 4.74 Å². The molecule has 1 unspecified atom stereocenters. The van der Waals surface area contributed by atoms with Crippen LogP contribution in [0.5, 0.6) is 5.75 Å². The van der Waals surface area contributed by atoms with Gasteiger partial charge in [-0.3, -0.25) is 29.3 Å². The third-order valence-corrected chi connectivity index (χ3v) is 8.83. The Balaban J connectivity index is 1.56. The van der Waals surface area contributed by atoms with Crippen molar-refractivity contribution in [3.05, 3.63) is 141 Å². The molecular formula is C35H24N2O7. The fraction of sp³-hybridized carbons (Fsp3) is 0.143. The number of ether oxygens (including phenoxy) is 1. The number of para-hydroxylation sites is 1. The van der Waals surface area contributed by atoms with E-state index in [-0.39, 0.29) is 28.3 Å². The molecule has 0 N–H and O–H groups in total. The number of nitro benzene ring substituents is 1. The number of non-ortho nitro benzene ring substituents is 1. The van der Waals surface area contributed by atoms with Gasteiger partial charge in [0.15, 0.2) is 23.1 Å². The minimum atomic E-state index is -1.80. The Morgan fingerprint density at radius 1 is 0.841 bits per heavy atom. The molecule has 1 fully saturated rings. The van der Waals surface area contributed by atoms with Crippen molar-refractivity contribution >= 4 is 40.8 Å². The van der Waals surface area contributed by atoms with Crippen molar-refractivity contribution < 1.29 is 28.8 Å². The number of carbonyl (C=O) groups excluding carboxylic acids is 4. The van der Waals surface area contributed by atoms with Gasteiger partial charge in [-0.25, -0.2) is 0 Å². The van der Waals surface area contributed by atoms with Gasteiger partial charge in [0.25, 0.3) is 5.69 Å². The Hall–Kier alpha value is -5.70. The van der Waals surface area contributed by atoms with E-state index in [1.165, 1.54) is 31.2 Å². The monoisotopic (exact) mass is 584 g/mol. The smallest absolute Gasteiger partial charge is 0.308 e. The zero-order valence-corrected chi connectivity index (χ0v) is 23.4. The van der Waals surface area contributed by atoms with Crippen LogP contribution in [0.2, 0.25) is 0 Å². The van der Waals surface area contributed by atoms with Crippen molar-refractivity contribution in [1.29, 1.82) is 0 Å². The molecule has 0 radical (unpaired) electrons. The number of nitro groups is 1. The van der Waals surface area contributed by atoms with Crippen LogP contribution in [0.3, 0.4) is 0 Å². The molecule has 2 heterocycles. The highest BCUT2D eigenvalue weighted by molar-refractivity contribution is 6.32. The largest absolute Gasteiger partial charge is 0.424 e. The van der Waals surface area contributed by atoms with E-state index in [0.717, 1.165) is 0 Å². The zero-order valence-electron chi connectivity index (χ0n) is 23.4. The van der Waals surface area contributed by atoms with E-state index in [1.54, 1.807) is 89.8 Å². The van der Waals surface area contributed by atoms with Crippen molar-refractivity contribution in [1.82, 2.24) is 0 Å². The van der Waals surface area contributed by atoms with Gasteiger partial charge >= 0.3 is 5.97 Å². The maximum atomic E-state index is 14.7. The van der Waals surface area contributed by atoms with Gasteiger partial charge in [0, 0.05) is 47.2 Å². The molecule has 3 aliphatic rings. The number of ketones is 3. The molecule has 44 heavy (non-hydrogen) atoms. The van der Waals surface area contributed by atoms with Crippen molar-refractivity contribution in [2.75, 3.05) is 4.90 Å². The second-order valence-corrected chi connectivity index (χ2v) is 11.1. The van der Waals surface area contributed by atoms with E-state index >= 15 is 0 Å². The zero-order chi connectivity index (χ0) is 30.7. The minimum absolute atomic E-state index is 0.167. The van der Waals surface area contributed by atoms with E-state index < -0.39 is 45.9 Å². The summed E-state index contributed by atoms with van der Waals surface area (Å²) >= 11 is 0. The van der Waals surface area contributed by atoms with Gasteiger partial charge in [-0.05, 0) is 11.6 Å². The van der Waals surface area contributed by atoms with Gasteiger partial charge in [0.2, 0.25) is 0 Å². The Labute approximate surface area is 251 Å². The molecular weight excluding hydrogens is 560 g/mol. The lowest BCUT2D eigenvalue weighted by Crippen LogP contribution is -2.48. The van der Waals surface area contributed by atoms with E-state index in [1.807, 2.05) is 0 Å². The molecule has 0 bridgehead atoms. The minimum Gasteiger partial charge on any atom is -0.424 e. The van der Waals surface area contributed by atoms with Crippen LogP contribution in [-0.4, -0.2) is 40.3 Å². The molecule has 1 aliphatic carbocycles. The van der Waals surface area contributed by atoms with Gasteiger partial charge in [-0.2, -0.15) is 0 Å². The molecule has 9 nitrogen and oxygen atoms in total. The number of benzene rings is 4. The van der Waals surface area contributed by atoms with Gasteiger partial charge < -0.3 is 9.64 Å². The fourth-order valence-corrected chi connectivity index (χ4v) is 7.17. The SMILES string of the molecule is CC(=O)Oc1cccc2c1N1C(C=C2)C2(C(=O)c3ccccc3C2=O)[C@H](c2ccc([N+](=O)[O-])cc2)[C@H]1C(=O)c1ccccc1. The Kier molecular flexibility index (Phi) is 6.14. The number of esters is 1. The molecule has 1 saturated heterocycles. The number of hydrogen-bond acceptors (Lipinski definition) is 8. The van der Waals surface area contributed by atoms with Gasteiger partial charge in [-0.15, -0.1) is 0 Å². The van der Waals surface area contributed by atoms with Gasteiger partial charge in [0.05, 0.1) is 16.7 Å². The van der Waals surface area contributed by atoms with Crippen molar-refractivity contribution in [2.24, 2.45) is 5.41 Å². The molecule has 0 saturated carbocycles. The number of rotatable bonds is 5. The van der Waals surface area contributed by atoms with Crippen molar-refractivity contribution in [3.8, 4) is 5.75 Å². The second-order valence-electron chi connectivity index (χ2n) is 11.1. The number of nitrogens with zero attached hydrogens (tertiary/aromatic N) is 2. The van der Waals surface area contributed by atoms with Crippen LogP contribution < -0.4 is 9.64 Å². The first-order valence-electron chi connectivity index (χ1n) is 14.1. The highest BCUT2D eigenvalue weighted by Gasteiger charge is 2.71. The van der Waals surface area contributed by atoms with Crippen molar-refractivity contribution in [3.63, 3.8) is 0 Å². The number of hydrogen-bond donors (Lipinski definition) is 0. The lowest BCUT2D eigenvalue weighted by molar-refractivity contribution is -0.384. The normalized spacial score (nSPS) is 20.7. The Morgan fingerprint density at radius 2 is 1.48 bits per heavy atom. The molecule has 2 aliphatic heterocycles. The molecule has 3 atom stereocenters. The average molecular weight is 585 g/mol. The lowest BCUT2D eigenvalue weighted by Gasteiger charge is -2.37. The van der Waals surface area contributed by atoms with E-state index in [2.05, 4.69) is 0 Å². The lowest BCUT2D eigenvalue weighted by atomic mass is 9.64. The number of fused-ring (bicyclic) bond motifs is 5. The van der Waals surface area contributed by atoms with E-state index in [0.29, 0.717) is 22.4 Å². The first kappa shape index (κ1) is 27.2. The maximum Gasteiger partial charge on any atom is 0.308 e.